The third-order valence-corrected chi connectivity index (χ3v) is 6.18. The van der Waals surface area contributed by atoms with Gasteiger partial charge in [-0.15, -0.1) is 24.8 Å². The van der Waals surface area contributed by atoms with E-state index in [9.17, 15) is 4.79 Å². The third kappa shape index (κ3) is 4.29. The molecule has 2 aliphatic rings. The minimum Gasteiger partial charge on any atom is -0.336 e. The average Bonchev–Trinajstić information content (AvgIpc) is 3.37. The monoisotopic (exact) mass is 461 g/mol. The van der Waals surface area contributed by atoms with Crippen molar-refractivity contribution in [3.05, 3.63) is 59.4 Å². The molecule has 1 saturated heterocycles. The van der Waals surface area contributed by atoms with Crippen LogP contribution in [0.5, 0.6) is 0 Å². The van der Waals surface area contributed by atoms with Gasteiger partial charge >= 0.3 is 0 Å². The number of hydrogen-bond acceptors (Lipinski definition) is 4. The van der Waals surface area contributed by atoms with Crippen LogP contribution >= 0.6 is 24.8 Å². The second-order valence-corrected chi connectivity index (χ2v) is 8.68. The normalized spacial score (nSPS) is 20.6. The number of likely N-dealkylation sites (tertiary alicyclic amines) is 1. The Balaban J connectivity index is 0.00000136. The van der Waals surface area contributed by atoms with Gasteiger partial charge in [0.05, 0.1) is 17.1 Å². The van der Waals surface area contributed by atoms with Gasteiger partial charge in [-0.1, -0.05) is 30.3 Å². The highest BCUT2D eigenvalue weighted by Gasteiger charge is 2.36. The molecule has 3 aromatic rings. The summed E-state index contributed by atoms with van der Waals surface area (Å²) >= 11 is 0. The first-order valence-corrected chi connectivity index (χ1v) is 10.5. The molecular formula is C23H29Cl2N5O. The van der Waals surface area contributed by atoms with Gasteiger partial charge in [0.25, 0.3) is 5.91 Å². The van der Waals surface area contributed by atoms with Crippen molar-refractivity contribution in [1.82, 2.24) is 19.7 Å². The fourth-order valence-corrected chi connectivity index (χ4v) is 4.40. The summed E-state index contributed by atoms with van der Waals surface area (Å²) in [6.45, 7) is 5.39. The third-order valence-electron chi connectivity index (χ3n) is 6.18. The Kier molecular flexibility index (Phi) is 6.94. The Morgan fingerprint density at radius 2 is 1.84 bits per heavy atom. The number of nitrogens with zero attached hydrogens (tertiary/aromatic N) is 4. The van der Waals surface area contributed by atoms with Crippen LogP contribution in [-0.4, -0.2) is 44.7 Å². The molecule has 0 spiro atoms. The maximum absolute atomic E-state index is 13.6. The zero-order chi connectivity index (χ0) is 20.1. The standard InChI is InChI=1S/C23H27N5O.2ClH/c1-14(2)28-22-18(11-25-28)17(10-21(26-22)16-8-9-16)23(29)27-12-19(20(24)13-27)15-6-4-3-5-7-15;;/h3-7,10-11,14,16,19-20H,8-9,12-13,24H2,1-2H3;2*1H/t19-,20+;;/m0../s1. The summed E-state index contributed by atoms with van der Waals surface area (Å²) < 4.78 is 1.92. The van der Waals surface area contributed by atoms with E-state index in [-0.39, 0.29) is 48.7 Å². The molecule has 2 N–H and O–H groups in total. The van der Waals surface area contributed by atoms with Crippen LogP contribution in [0.3, 0.4) is 0 Å². The largest absolute Gasteiger partial charge is 0.336 e. The summed E-state index contributed by atoms with van der Waals surface area (Å²) in [5.74, 6) is 0.676. The van der Waals surface area contributed by atoms with Crippen LogP contribution in [0.1, 0.15) is 66.2 Å². The smallest absolute Gasteiger partial charge is 0.254 e. The van der Waals surface area contributed by atoms with E-state index in [1.165, 1.54) is 5.56 Å². The van der Waals surface area contributed by atoms with E-state index in [0.717, 1.165) is 29.6 Å². The topological polar surface area (TPSA) is 77.0 Å². The first kappa shape index (κ1) is 23.5. The number of carbonyl (C=O) groups excluding carboxylic acids is 1. The molecule has 8 heteroatoms. The van der Waals surface area contributed by atoms with Gasteiger partial charge in [0, 0.05) is 42.7 Å². The lowest BCUT2D eigenvalue weighted by atomic mass is 9.95. The van der Waals surface area contributed by atoms with Crippen molar-refractivity contribution in [1.29, 1.82) is 0 Å². The molecule has 6 nitrogen and oxygen atoms in total. The molecule has 0 bridgehead atoms. The second kappa shape index (κ2) is 9.15. The van der Waals surface area contributed by atoms with Crippen LogP contribution in [0.2, 0.25) is 0 Å². The van der Waals surface area contributed by atoms with Crippen molar-refractivity contribution >= 4 is 41.8 Å². The van der Waals surface area contributed by atoms with E-state index in [1.54, 1.807) is 6.20 Å². The summed E-state index contributed by atoms with van der Waals surface area (Å²) in [4.78, 5) is 20.3. The minimum absolute atomic E-state index is 0. The molecule has 5 rings (SSSR count). The highest BCUT2D eigenvalue weighted by atomic mass is 35.5. The summed E-state index contributed by atoms with van der Waals surface area (Å²) in [7, 11) is 0. The predicted molar refractivity (Wildman–Crippen MR) is 127 cm³/mol. The molecule has 2 fully saturated rings. The number of fused-ring (bicyclic) bond motifs is 1. The van der Waals surface area contributed by atoms with Gasteiger partial charge in [-0.2, -0.15) is 5.10 Å². The molecular weight excluding hydrogens is 433 g/mol. The maximum Gasteiger partial charge on any atom is 0.254 e. The van der Waals surface area contributed by atoms with Crippen LogP contribution in [0.4, 0.5) is 0 Å². The SMILES string of the molecule is CC(C)n1ncc2c(C(=O)N3C[C@@H](N)[C@H](c4ccccc4)C3)cc(C3CC3)nc21.Cl.Cl. The zero-order valence-corrected chi connectivity index (χ0v) is 19.4. The van der Waals surface area contributed by atoms with Crippen LogP contribution in [-0.2, 0) is 0 Å². The van der Waals surface area contributed by atoms with Crippen molar-refractivity contribution in [3.8, 4) is 0 Å². The molecule has 1 aliphatic carbocycles. The maximum atomic E-state index is 13.6. The fourth-order valence-electron chi connectivity index (χ4n) is 4.40. The molecule has 0 radical (unpaired) electrons. The highest BCUT2D eigenvalue weighted by Crippen LogP contribution is 2.40. The van der Waals surface area contributed by atoms with Crippen molar-refractivity contribution in [3.63, 3.8) is 0 Å². The van der Waals surface area contributed by atoms with E-state index in [1.807, 2.05) is 33.8 Å². The van der Waals surface area contributed by atoms with E-state index in [4.69, 9.17) is 10.7 Å². The highest BCUT2D eigenvalue weighted by molar-refractivity contribution is 6.05. The lowest BCUT2D eigenvalue weighted by molar-refractivity contribution is 0.0791. The van der Waals surface area contributed by atoms with Crippen molar-refractivity contribution < 1.29 is 4.79 Å². The Morgan fingerprint density at radius 1 is 1.13 bits per heavy atom. The average molecular weight is 462 g/mol. The summed E-state index contributed by atoms with van der Waals surface area (Å²) in [5.41, 5.74) is 10.2. The quantitative estimate of drug-likeness (QED) is 0.627. The summed E-state index contributed by atoms with van der Waals surface area (Å²) in [6.07, 6.45) is 4.08. The lowest BCUT2D eigenvalue weighted by Crippen LogP contribution is -2.32. The first-order valence-electron chi connectivity index (χ1n) is 10.5. The molecule has 1 saturated carbocycles. The van der Waals surface area contributed by atoms with E-state index < -0.39 is 0 Å². The van der Waals surface area contributed by atoms with E-state index >= 15 is 0 Å². The molecule has 1 amide bonds. The number of benzene rings is 1. The van der Waals surface area contributed by atoms with Crippen molar-refractivity contribution in [2.24, 2.45) is 5.73 Å². The molecule has 2 atom stereocenters. The number of aromatic nitrogens is 3. The zero-order valence-electron chi connectivity index (χ0n) is 17.8. The van der Waals surface area contributed by atoms with Gasteiger partial charge in [0.15, 0.2) is 5.65 Å². The number of rotatable bonds is 4. The van der Waals surface area contributed by atoms with Crippen LogP contribution < -0.4 is 5.73 Å². The number of halogens is 2. The van der Waals surface area contributed by atoms with Crippen molar-refractivity contribution in [2.75, 3.05) is 13.1 Å². The Hall–Kier alpha value is -2.15. The van der Waals surface area contributed by atoms with Gasteiger partial charge in [-0.05, 0) is 38.3 Å². The number of hydrogen-bond donors (Lipinski definition) is 1. The molecule has 2 aromatic heterocycles. The molecule has 31 heavy (non-hydrogen) atoms. The Morgan fingerprint density at radius 3 is 2.48 bits per heavy atom. The Labute approximate surface area is 195 Å². The molecule has 3 heterocycles. The van der Waals surface area contributed by atoms with Gasteiger partial charge in [-0.25, -0.2) is 9.67 Å². The molecule has 0 unspecified atom stereocenters. The van der Waals surface area contributed by atoms with Gasteiger partial charge in [0.1, 0.15) is 0 Å². The van der Waals surface area contributed by atoms with Crippen LogP contribution in [0.25, 0.3) is 11.0 Å². The summed E-state index contributed by atoms with van der Waals surface area (Å²) in [5, 5.41) is 5.36. The van der Waals surface area contributed by atoms with Crippen LogP contribution in [0.15, 0.2) is 42.6 Å². The number of nitrogens with two attached hydrogens (primary N) is 1. The second-order valence-electron chi connectivity index (χ2n) is 8.68. The van der Waals surface area contributed by atoms with Gasteiger partial charge in [-0.3, -0.25) is 4.79 Å². The Bertz CT molecular complexity index is 1060. The lowest BCUT2D eigenvalue weighted by Gasteiger charge is -2.18. The van der Waals surface area contributed by atoms with Crippen LogP contribution in [0, 0.1) is 0 Å². The number of pyridine rings is 1. The summed E-state index contributed by atoms with van der Waals surface area (Å²) in [6, 6.07) is 12.4. The minimum atomic E-state index is -0.0556. The van der Waals surface area contributed by atoms with E-state index in [2.05, 4.69) is 31.1 Å². The van der Waals surface area contributed by atoms with E-state index in [0.29, 0.717) is 24.6 Å². The van der Waals surface area contributed by atoms with Crippen molar-refractivity contribution in [2.45, 2.75) is 50.6 Å². The van der Waals surface area contributed by atoms with Gasteiger partial charge in [0.2, 0.25) is 0 Å². The molecule has 166 valence electrons. The number of carbonyl (C=O) groups is 1. The predicted octanol–water partition coefficient (Wildman–Crippen LogP) is 4.30. The first-order chi connectivity index (χ1) is 14.0. The number of amides is 1. The fraction of sp³-hybridized carbons (Fsp3) is 0.435. The molecule has 1 aromatic carbocycles. The molecule has 1 aliphatic heterocycles. The van der Waals surface area contributed by atoms with Gasteiger partial charge < -0.3 is 10.6 Å².